The summed E-state index contributed by atoms with van der Waals surface area (Å²) < 4.78 is 0. The number of hydrogen-bond acceptors (Lipinski definition) is 3. The van der Waals surface area contributed by atoms with Crippen LogP contribution >= 0.6 is 0 Å². The first-order valence-electron chi connectivity index (χ1n) is 7.02. The fraction of sp³-hybridized carbons (Fsp3) is 0.533. The van der Waals surface area contributed by atoms with Crippen molar-refractivity contribution in [1.82, 2.24) is 4.90 Å². The fourth-order valence-corrected chi connectivity index (χ4v) is 3.08. The molecule has 3 rings (SSSR count). The molecule has 1 amide bonds. The third-order valence-electron chi connectivity index (χ3n) is 4.16. The minimum absolute atomic E-state index is 0.130. The minimum atomic E-state index is -0.130. The van der Waals surface area contributed by atoms with Gasteiger partial charge in [0.25, 0.3) is 0 Å². The minimum Gasteiger partial charge on any atom is -0.396 e. The van der Waals surface area contributed by atoms with Gasteiger partial charge < -0.3 is 15.3 Å². The molecule has 1 aromatic rings. The molecule has 1 aromatic carbocycles. The maximum Gasteiger partial charge on any atom is 0.245 e. The van der Waals surface area contributed by atoms with Crippen molar-refractivity contribution in [2.45, 2.75) is 25.3 Å². The van der Waals surface area contributed by atoms with Crippen LogP contribution in [0.2, 0.25) is 0 Å². The van der Waals surface area contributed by atoms with Crippen molar-refractivity contribution in [3.05, 3.63) is 29.8 Å². The lowest BCUT2D eigenvalue weighted by molar-refractivity contribution is -0.134. The number of fused-ring (bicyclic) bond motifs is 1. The van der Waals surface area contributed by atoms with E-state index in [-0.39, 0.29) is 24.5 Å². The molecule has 2 atom stereocenters. The number of hydrogen-bond donors (Lipinski definition) is 2. The van der Waals surface area contributed by atoms with Gasteiger partial charge in [0.2, 0.25) is 5.91 Å². The van der Waals surface area contributed by atoms with Crippen molar-refractivity contribution in [2.24, 2.45) is 5.92 Å². The van der Waals surface area contributed by atoms with E-state index in [1.807, 2.05) is 23.1 Å². The molecule has 1 fully saturated rings. The Morgan fingerprint density at radius 2 is 2.26 bits per heavy atom. The number of aliphatic hydroxyl groups is 1. The third kappa shape index (κ3) is 2.45. The molecule has 0 spiro atoms. The van der Waals surface area contributed by atoms with Crippen molar-refractivity contribution in [2.75, 3.05) is 25.0 Å². The predicted octanol–water partition coefficient (Wildman–Crippen LogP) is 1.25. The molecular weight excluding hydrogens is 240 g/mol. The lowest BCUT2D eigenvalue weighted by Crippen LogP contribution is -2.47. The van der Waals surface area contributed by atoms with Gasteiger partial charge in [0, 0.05) is 31.8 Å². The second-order valence-corrected chi connectivity index (χ2v) is 5.53. The smallest absolute Gasteiger partial charge is 0.245 e. The predicted molar refractivity (Wildman–Crippen MR) is 73.9 cm³/mol. The number of anilines is 1. The van der Waals surface area contributed by atoms with Crippen LogP contribution in [0.1, 0.15) is 18.4 Å². The van der Waals surface area contributed by atoms with E-state index in [4.69, 9.17) is 0 Å². The number of rotatable bonds is 2. The number of nitrogens with zero attached hydrogens (tertiary/aromatic N) is 1. The lowest BCUT2D eigenvalue weighted by Gasteiger charge is -2.33. The number of aliphatic hydroxyl groups excluding tert-OH is 1. The van der Waals surface area contributed by atoms with Crippen LogP contribution < -0.4 is 5.32 Å². The van der Waals surface area contributed by atoms with E-state index in [1.54, 1.807) is 0 Å². The zero-order valence-corrected chi connectivity index (χ0v) is 11.0. The largest absolute Gasteiger partial charge is 0.396 e. The number of benzene rings is 1. The maximum atomic E-state index is 12.5. The Balaban J connectivity index is 1.66. The first kappa shape index (κ1) is 12.5. The van der Waals surface area contributed by atoms with Crippen LogP contribution in [0, 0.1) is 5.92 Å². The van der Waals surface area contributed by atoms with E-state index in [1.165, 1.54) is 5.56 Å². The van der Waals surface area contributed by atoms with Gasteiger partial charge in [-0.15, -0.1) is 0 Å². The molecule has 0 bridgehead atoms. The van der Waals surface area contributed by atoms with E-state index in [0.29, 0.717) is 6.54 Å². The summed E-state index contributed by atoms with van der Waals surface area (Å²) >= 11 is 0. The standard InChI is InChI=1S/C15H20N2O2/c18-10-11-4-3-7-17(9-11)15(19)14-8-12-5-1-2-6-13(12)16-14/h1-2,5-6,11,14,16,18H,3-4,7-10H2. The molecule has 0 aliphatic carbocycles. The topological polar surface area (TPSA) is 52.6 Å². The van der Waals surface area contributed by atoms with Crippen LogP contribution in [0.5, 0.6) is 0 Å². The molecule has 2 unspecified atom stereocenters. The number of nitrogens with one attached hydrogen (secondary N) is 1. The Kier molecular flexibility index (Phi) is 3.42. The van der Waals surface area contributed by atoms with Crippen molar-refractivity contribution in [3.8, 4) is 0 Å². The van der Waals surface area contributed by atoms with Crippen LogP contribution in [0.15, 0.2) is 24.3 Å². The number of carbonyl (C=O) groups excluding carboxylic acids is 1. The SMILES string of the molecule is O=C(C1Cc2ccccc2N1)N1CCCC(CO)C1. The van der Waals surface area contributed by atoms with E-state index >= 15 is 0 Å². The molecule has 2 aliphatic heterocycles. The first-order chi connectivity index (χ1) is 9.28. The normalized spacial score (nSPS) is 25.8. The Morgan fingerprint density at radius 1 is 1.42 bits per heavy atom. The molecule has 1 saturated heterocycles. The number of para-hydroxylation sites is 1. The highest BCUT2D eigenvalue weighted by atomic mass is 16.3. The number of amides is 1. The highest BCUT2D eigenvalue weighted by molar-refractivity contribution is 5.87. The summed E-state index contributed by atoms with van der Waals surface area (Å²) in [6.45, 7) is 1.70. The maximum absolute atomic E-state index is 12.5. The van der Waals surface area contributed by atoms with E-state index in [0.717, 1.165) is 31.5 Å². The molecule has 0 aromatic heterocycles. The summed E-state index contributed by atoms with van der Waals surface area (Å²) in [6.07, 6.45) is 2.80. The zero-order valence-electron chi connectivity index (χ0n) is 11.0. The van der Waals surface area contributed by atoms with Gasteiger partial charge in [-0.2, -0.15) is 0 Å². The quantitative estimate of drug-likeness (QED) is 0.841. The van der Waals surface area contributed by atoms with Crippen LogP contribution in [0.3, 0.4) is 0 Å². The van der Waals surface area contributed by atoms with Gasteiger partial charge in [0.05, 0.1) is 0 Å². The molecular formula is C15H20N2O2. The molecule has 19 heavy (non-hydrogen) atoms. The Bertz CT molecular complexity index is 450. The van der Waals surface area contributed by atoms with Gasteiger partial charge in [-0.25, -0.2) is 0 Å². The molecule has 102 valence electrons. The van der Waals surface area contributed by atoms with Gasteiger partial charge in [-0.3, -0.25) is 4.79 Å². The fourth-order valence-electron chi connectivity index (χ4n) is 3.08. The second kappa shape index (κ2) is 5.21. The number of carbonyl (C=O) groups is 1. The molecule has 0 radical (unpaired) electrons. The summed E-state index contributed by atoms with van der Waals surface area (Å²) in [5.41, 5.74) is 2.30. The Labute approximate surface area is 113 Å². The third-order valence-corrected chi connectivity index (χ3v) is 4.16. The Morgan fingerprint density at radius 3 is 3.05 bits per heavy atom. The molecule has 2 aliphatic rings. The van der Waals surface area contributed by atoms with Crippen LogP contribution in [-0.2, 0) is 11.2 Å². The van der Waals surface area contributed by atoms with Crippen LogP contribution in [-0.4, -0.2) is 41.7 Å². The molecule has 2 N–H and O–H groups in total. The van der Waals surface area contributed by atoms with Crippen LogP contribution in [0.4, 0.5) is 5.69 Å². The van der Waals surface area contributed by atoms with Crippen LogP contribution in [0.25, 0.3) is 0 Å². The Hall–Kier alpha value is -1.55. The lowest BCUT2D eigenvalue weighted by atomic mass is 9.98. The van der Waals surface area contributed by atoms with Gasteiger partial charge in [0.1, 0.15) is 6.04 Å². The molecule has 4 nitrogen and oxygen atoms in total. The van der Waals surface area contributed by atoms with E-state index < -0.39 is 0 Å². The highest BCUT2D eigenvalue weighted by Crippen LogP contribution is 2.27. The average Bonchev–Trinajstić information content (AvgIpc) is 2.90. The summed E-state index contributed by atoms with van der Waals surface area (Å²) in [4.78, 5) is 14.4. The number of likely N-dealkylation sites (tertiary alicyclic amines) is 1. The van der Waals surface area contributed by atoms with Gasteiger partial charge in [0.15, 0.2) is 0 Å². The molecule has 0 saturated carbocycles. The van der Waals surface area contributed by atoms with Gasteiger partial charge >= 0.3 is 0 Å². The van der Waals surface area contributed by atoms with E-state index in [2.05, 4.69) is 11.4 Å². The summed E-state index contributed by atoms with van der Waals surface area (Å²) in [5.74, 6) is 0.427. The number of piperidine rings is 1. The summed E-state index contributed by atoms with van der Waals surface area (Å²) in [6, 6.07) is 7.96. The van der Waals surface area contributed by atoms with Gasteiger partial charge in [-0.05, 0) is 30.4 Å². The zero-order chi connectivity index (χ0) is 13.2. The van der Waals surface area contributed by atoms with Crippen molar-refractivity contribution in [1.29, 1.82) is 0 Å². The second-order valence-electron chi connectivity index (χ2n) is 5.53. The monoisotopic (exact) mass is 260 g/mol. The first-order valence-corrected chi connectivity index (χ1v) is 7.02. The van der Waals surface area contributed by atoms with Crippen molar-refractivity contribution < 1.29 is 9.90 Å². The van der Waals surface area contributed by atoms with E-state index in [9.17, 15) is 9.90 Å². The molecule has 2 heterocycles. The highest BCUT2D eigenvalue weighted by Gasteiger charge is 2.32. The van der Waals surface area contributed by atoms with Crippen molar-refractivity contribution in [3.63, 3.8) is 0 Å². The summed E-state index contributed by atoms with van der Waals surface area (Å²) in [5, 5.41) is 12.6. The molecule has 4 heteroatoms. The summed E-state index contributed by atoms with van der Waals surface area (Å²) in [7, 11) is 0. The van der Waals surface area contributed by atoms with Gasteiger partial charge in [-0.1, -0.05) is 18.2 Å². The van der Waals surface area contributed by atoms with Crippen molar-refractivity contribution >= 4 is 11.6 Å². The average molecular weight is 260 g/mol.